The van der Waals surface area contributed by atoms with E-state index in [9.17, 15) is 8.78 Å². The molecule has 0 N–H and O–H groups in total. The van der Waals surface area contributed by atoms with Gasteiger partial charge in [0.1, 0.15) is 18.0 Å². The third-order valence-electron chi connectivity index (χ3n) is 5.79. The summed E-state index contributed by atoms with van der Waals surface area (Å²) < 4.78 is 40.0. The number of morpholine rings is 1. The predicted molar refractivity (Wildman–Crippen MR) is 122 cm³/mol. The SMILES string of the molecule is COc1ccc(Cc2cc(-c3ncnc4cc(N5CCOCC5)ccc34)c(F)cc2F)cn1. The Balaban J connectivity index is 1.52. The lowest BCUT2D eigenvalue weighted by Gasteiger charge is -2.29. The Morgan fingerprint density at radius 1 is 0.970 bits per heavy atom. The van der Waals surface area contributed by atoms with Crippen molar-refractivity contribution in [2.24, 2.45) is 0 Å². The lowest BCUT2D eigenvalue weighted by molar-refractivity contribution is 0.122. The molecule has 0 radical (unpaired) electrons. The molecule has 1 aliphatic heterocycles. The topological polar surface area (TPSA) is 60.4 Å². The second kappa shape index (κ2) is 9.07. The summed E-state index contributed by atoms with van der Waals surface area (Å²) in [7, 11) is 1.53. The Kier molecular flexibility index (Phi) is 5.83. The van der Waals surface area contributed by atoms with Crippen LogP contribution in [-0.2, 0) is 11.2 Å². The minimum Gasteiger partial charge on any atom is -0.481 e. The summed E-state index contributed by atoms with van der Waals surface area (Å²) in [6.07, 6.45) is 3.30. The minimum atomic E-state index is -0.665. The van der Waals surface area contributed by atoms with Gasteiger partial charge in [0.05, 0.1) is 31.5 Å². The number of rotatable bonds is 5. The van der Waals surface area contributed by atoms with E-state index < -0.39 is 11.6 Å². The number of hydrogen-bond acceptors (Lipinski definition) is 6. The first kappa shape index (κ1) is 21.2. The summed E-state index contributed by atoms with van der Waals surface area (Å²) in [6, 6.07) is 11.8. The standard InChI is InChI=1S/C25H22F2N4O2/c1-32-24-5-2-16(14-28-24)10-17-11-20(22(27)13-21(17)26)25-19-4-3-18(12-23(19)29-15-30-25)31-6-8-33-9-7-31/h2-5,11-15H,6-10H2,1H3. The first-order valence-electron chi connectivity index (χ1n) is 10.7. The van der Waals surface area contributed by atoms with E-state index in [4.69, 9.17) is 9.47 Å². The van der Waals surface area contributed by atoms with Crippen LogP contribution in [0.2, 0.25) is 0 Å². The van der Waals surface area contributed by atoms with Crippen LogP contribution in [0.5, 0.6) is 5.88 Å². The van der Waals surface area contributed by atoms with Gasteiger partial charge in [-0.1, -0.05) is 6.07 Å². The molecule has 0 saturated carbocycles. The molecule has 33 heavy (non-hydrogen) atoms. The molecule has 0 amide bonds. The Bertz CT molecular complexity index is 1290. The van der Waals surface area contributed by atoms with Crippen molar-refractivity contribution in [1.82, 2.24) is 15.0 Å². The maximum Gasteiger partial charge on any atom is 0.212 e. The van der Waals surface area contributed by atoms with Crippen molar-refractivity contribution in [2.75, 3.05) is 38.3 Å². The van der Waals surface area contributed by atoms with Crippen molar-refractivity contribution in [2.45, 2.75) is 6.42 Å². The van der Waals surface area contributed by atoms with E-state index in [0.717, 1.165) is 30.4 Å². The summed E-state index contributed by atoms with van der Waals surface area (Å²) >= 11 is 0. The van der Waals surface area contributed by atoms with E-state index in [0.29, 0.717) is 41.3 Å². The van der Waals surface area contributed by atoms with E-state index in [2.05, 4.69) is 19.9 Å². The number of aromatic nitrogens is 3. The maximum absolute atomic E-state index is 14.9. The highest BCUT2D eigenvalue weighted by molar-refractivity contribution is 5.94. The maximum atomic E-state index is 14.9. The monoisotopic (exact) mass is 448 g/mol. The number of methoxy groups -OCH3 is 1. The average molecular weight is 448 g/mol. The van der Waals surface area contributed by atoms with Gasteiger partial charge in [-0.2, -0.15) is 0 Å². The zero-order valence-electron chi connectivity index (χ0n) is 18.1. The van der Waals surface area contributed by atoms with E-state index in [-0.39, 0.29) is 12.0 Å². The summed E-state index contributed by atoms with van der Waals surface area (Å²) in [5, 5.41) is 0.706. The number of hydrogen-bond donors (Lipinski definition) is 0. The van der Waals surface area contributed by atoms with Gasteiger partial charge < -0.3 is 14.4 Å². The fourth-order valence-electron chi connectivity index (χ4n) is 4.05. The van der Waals surface area contributed by atoms with Gasteiger partial charge in [0.15, 0.2) is 0 Å². The van der Waals surface area contributed by atoms with Gasteiger partial charge in [0, 0.05) is 54.5 Å². The van der Waals surface area contributed by atoms with Gasteiger partial charge in [-0.05, 0) is 35.4 Å². The van der Waals surface area contributed by atoms with Crippen LogP contribution in [0, 0.1) is 11.6 Å². The van der Waals surface area contributed by atoms with Crippen molar-refractivity contribution in [3.63, 3.8) is 0 Å². The fourth-order valence-corrected chi connectivity index (χ4v) is 4.05. The number of ether oxygens (including phenoxy) is 2. The molecule has 1 saturated heterocycles. The van der Waals surface area contributed by atoms with Crippen LogP contribution >= 0.6 is 0 Å². The van der Waals surface area contributed by atoms with E-state index in [1.807, 2.05) is 24.3 Å². The largest absolute Gasteiger partial charge is 0.481 e. The number of benzene rings is 2. The van der Waals surface area contributed by atoms with Crippen molar-refractivity contribution in [3.05, 3.63) is 77.8 Å². The van der Waals surface area contributed by atoms with Crippen molar-refractivity contribution in [1.29, 1.82) is 0 Å². The molecule has 8 heteroatoms. The smallest absolute Gasteiger partial charge is 0.212 e. The van der Waals surface area contributed by atoms with Gasteiger partial charge in [-0.25, -0.2) is 23.7 Å². The van der Waals surface area contributed by atoms with Gasteiger partial charge >= 0.3 is 0 Å². The molecular weight excluding hydrogens is 426 g/mol. The molecule has 0 aliphatic carbocycles. The van der Waals surface area contributed by atoms with E-state index in [1.54, 1.807) is 12.3 Å². The predicted octanol–water partition coefficient (Wildman–Crippen LogP) is 4.41. The molecule has 0 spiro atoms. The van der Waals surface area contributed by atoms with Crippen LogP contribution in [0.25, 0.3) is 22.2 Å². The number of pyridine rings is 1. The Hall–Kier alpha value is -3.65. The van der Waals surface area contributed by atoms with Crippen molar-refractivity contribution in [3.8, 4) is 17.1 Å². The number of anilines is 1. The van der Waals surface area contributed by atoms with Gasteiger partial charge in [0.25, 0.3) is 0 Å². The molecule has 6 nitrogen and oxygen atoms in total. The molecular formula is C25H22F2N4O2. The first-order valence-corrected chi connectivity index (χ1v) is 10.7. The van der Waals surface area contributed by atoms with Crippen LogP contribution in [0.3, 0.4) is 0 Å². The van der Waals surface area contributed by atoms with Crippen LogP contribution < -0.4 is 9.64 Å². The third kappa shape index (κ3) is 4.34. The molecule has 2 aromatic heterocycles. The lowest BCUT2D eigenvalue weighted by Crippen LogP contribution is -2.36. The molecule has 1 aliphatic rings. The molecule has 3 heterocycles. The normalized spacial score (nSPS) is 14.0. The first-order chi connectivity index (χ1) is 16.1. The minimum absolute atomic E-state index is 0.236. The summed E-state index contributed by atoms with van der Waals surface area (Å²) in [4.78, 5) is 15.1. The second-order valence-corrected chi connectivity index (χ2v) is 7.83. The lowest BCUT2D eigenvalue weighted by atomic mass is 9.99. The Labute approximate surface area is 189 Å². The number of fused-ring (bicyclic) bond motifs is 1. The quantitative estimate of drug-likeness (QED) is 0.451. The highest BCUT2D eigenvalue weighted by Gasteiger charge is 2.17. The fraction of sp³-hybridized carbons (Fsp3) is 0.240. The van der Waals surface area contributed by atoms with Gasteiger partial charge in [-0.15, -0.1) is 0 Å². The zero-order valence-corrected chi connectivity index (χ0v) is 18.1. The molecule has 168 valence electrons. The zero-order chi connectivity index (χ0) is 22.8. The summed E-state index contributed by atoms with van der Waals surface area (Å²) in [5.41, 5.74) is 3.54. The Morgan fingerprint density at radius 3 is 2.58 bits per heavy atom. The highest BCUT2D eigenvalue weighted by Crippen LogP contribution is 2.32. The average Bonchev–Trinajstić information content (AvgIpc) is 2.86. The van der Waals surface area contributed by atoms with Gasteiger partial charge in [-0.3, -0.25) is 0 Å². The van der Waals surface area contributed by atoms with Crippen molar-refractivity contribution >= 4 is 16.6 Å². The van der Waals surface area contributed by atoms with E-state index >= 15 is 0 Å². The van der Waals surface area contributed by atoms with Crippen LogP contribution in [-0.4, -0.2) is 48.4 Å². The number of nitrogens with zero attached hydrogens (tertiary/aromatic N) is 4. The van der Waals surface area contributed by atoms with Crippen LogP contribution in [0.15, 0.2) is 55.0 Å². The molecule has 0 unspecified atom stereocenters. The molecule has 1 fully saturated rings. The van der Waals surface area contributed by atoms with Crippen LogP contribution in [0.4, 0.5) is 14.5 Å². The van der Waals surface area contributed by atoms with Gasteiger partial charge in [0.2, 0.25) is 5.88 Å². The van der Waals surface area contributed by atoms with Crippen molar-refractivity contribution < 1.29 is 18.3 Å². The molecule has 0 bridgehead atoms. The molecule has 4 aromatic rings. The summed E-state index contributed by atoms with van der Waals surface area (Å²) in [6.45, 7) is 2.97. The second-order valence-electron chi connectivity index (χ2n) is 7.83. The Morgan fingerprint density at radius 2 is 1.82 bits per heavy atom. The van der Waals surface area contributed by atoms with Crippen LogP contribution in [0.1, 0.15) is 11.1 Å². The molecule has 5 rings (SSSR count). The highest BCUT2D eigenvalue weighted by atomic mass is 19.1. The summed E-state index contributed by atoms with van der Waals surface area (Å²) in [5.74, 6) is -0.802. The molecule has 0 atom stereocenters. The molecule has 2 aromatic carbocycles. The number of halogens is 2. The third-order valence-corrected chi connectivity index (χ3v) is 5.79. The van der Waals surface area contributed by atoms with E-state index in [1.165, 1.54) is 19.5 Å².